The molecule has 1 N–H and O–H groups in total. The van der Waals surface area contributed by atoms with Crippen LogP contribution in [0.25, 0.3) is 0 Å². The molecule has 4 heteroatoms. The molecule has 0 saturated carbocycles. The third-order valence-corrected chi connectivity index (χ3v) is 2.58. The maximum Gasteiger partial charge on any atom is 0.145 e. The average molecular weight is 247 g/mol. The van der Waals surface area contributed by atoms with E-state index in [0.717, 1.165) is 0 Å². The van der Waals surface area contributed by atoms with E-state index < -0.39 is 11.9 Å². The van der Waals surface area contributed by atoms with Crippen molar-refractivity contribution in [2.75, 3.05) is 13.2 Å². The molecule has 90 valence electrons. The quantitative estimate of drug-likeness (QED) is 0.783. The highest BCUT2D eigenvalue weighted by Crippen LogP contribution is 2.19. The minimum atomic E-state index is -0.598. The molecule has 0 aromatic heterocycles. The van der Waals surface area contributed by atoms with Crippen molar-refractivity contribution in [2.45, 2.75) is 25.9 Å². The molecule has 0 spiro atoms. The SMILES string of the molecule is CCOCCC(O)Cc1cccc(Cl)c1F. The van der Waals surface area contributed by atoms with Gasteiger partial charge in [0, 0.05) is 19.6 Å². The Bertz CT molecular complexity index is 331. The minimum absolute atomic E-state index is 0.0921. The van der Waals surface area contributed by atoms with Gasteiger partial charge in [0.1, 0.15) is 5.82 Å². The first kappa shape index (κ1) is 13.4. The number of halogens is 2. The molecule has 2 nitrogen and oxygen atoms in total. The number of benzene rings is 1. The fraction of sp³-hybridized carbons (Fsp3) is 0.500. The monoisotopic (exact) mass is 246 g/mol. The average Bonchev–Trinajstić information content (AvgIpc) is 2.25. The lowest BCUT2D eigenvalue weighted by atomic mass is 10.1. The smallest absolute Gasteiger partial charge is 0.145 e. The van der Waals surface area contributed by atoms with Crippen molar-refractivity contribution in [1.82, 2.24) is 0 Å². The van der Waals surface area contributed by atoms with Crippen LogP contribution in [0, 0.1) is 5.82 Å². The summed E-state index contributed by atoms with van der Waals surface area (Å²) >= 11 is 5.64. The van der Waals surface area contributed by atoms with Crippen molar-refractivity contribution < 1.29 is 14.2 Å². The van der Waals surface area contributed by atoms with E-state index in [2.05, 4.69) is 0 Å². The van der Waals surface area contributed by atoms with Gasteiger partial charge < -0.3 is 9.84 Å². The molecule has 0 aliphatic heterocycles. The van der Waals surface area contributed by atoms with Gasteiger partial charge in [0.25, 0.3) is 0 Å². The van der Waals surface area contributed by atoms with Gasteiger partial charge in [-0.25, -0.2) is 4.39 Å². The molecule has 1 aromatic rings. The number of hydrogen-bond donors (Lipinski definition) is 1. The van der Waals surface area contributed by atoms with Gasteiger partial charge in [-0.05, 0) is 25.0 Å². The predicted octanol–water partition coefficient (Wildman–Crippen LogP) is 2.81. The van der Waals surface area contributed by atoms with Crippen LogP contribution in [0.2, 0.25) is 5.02 Å². The van der Waals surface area contributed by atoms with Crippen LogP contribution in [0.15, 0.2) is 18.2 Å². The highest BCUT2D eigenvalue weighted by molar-refractivity contribution is 6.30. The van der Waals surface area contributed by atoms with Gasteiger partial charge in [-0.1, -0.05) is 23.7 Å². The molecular weight excluding hydrogens is 231 g/mol. The molecule has 0 aliphatic carbocycles. The maximum atomic E-state index is 13.5. The zero-order valence-electron chi connectivity index (χ0n) is 9.25. The van der Waals surface area contributed by atoms with Crippen LogP contribution in [0.5, 0.6) is 0 Å². The number of ether oxygens (including phenoxy) is 1. The third-order valence-electron chi connectivity index (χ3n) is 2.29. The maximum absolute atomic E-state index is 13.5. The molecular formula is C12H16ClFO2. The van der Waals surface area contributed by atoms with Gasteiger partial charge >= 0.3 is 0 Å². The molecule has 0 radical (unpaired) electrons. The Morgan fingerprint density at radius 3 is 2.94 bits per heavy atom. The van der Waals surface area contributed by atoms with Crippen molar-refractivity contribution >= 4 is 11.6 Å². The molecule has 0 heterocycles. The van der Waals surface area contributed by atoms with Gasteiger partial charge in [-0.2, -0.15) is 0 Å². The van der Waals surface area contributed by atoms with Crippen molar-refractivity contribution in [1.29, 1.82) is 0 Å². The van der Waals surface area contributed by atoms with E-state index in [4.69, 9.17) is 16.3 Å². The summed E-state index contributed by atoms with van der Waals surface area (Å²) in [4.78, 5) is 0. The summed E-state index contributed by atoms with van der Waals surface area (Å²) in [5.41, 5.74) is 0.441. The standard InChI is InChI=1S/C12H16ClFO2/c1-2-16-7-6-10(15)8-9-4-3-5-11(13)12(9)14/h3-5,10,15H,2,6-8H2,1H3. The highest BCUT2D eigenvalue weighted by atomic mass is 35.5. The first-order valence-corrected chi connectivity index (χ1v) is 5.71. The molecule has 0 aliphatic rings. The molecule has 16 heavy (non-hydrogen) atoms. The molecule has 0 fully saturated rings. The Morgan fingerprint density at radius 1 is 1.50 bits per heavy atom. The highest BCUT2D eigenvalue weighted by Gasteiger charge is 2.11. The topological polar surface area (TPSA) is 29.5 Å². The second kappa shape index (κ2) is 6.84. The molecule has 1 atom stereocenters. The minimum Gasteiger partial charge on any atom is -0.393 e. The third kappa shape index (κ3) is 4.08. The van der Waals surface area contributed by atoms with Crippen LogP contribution >= 0.6 is 11.6 Å². The summed E-state index contributed by atoms with van der Waals surface area (Å²) in [6, 6.07) is 4.80. The van der Waals surface area contributed by atoms with Gasteiger partial charge in [0.2, 0.25) is 0 Å². The van der Waals surface area contributed by atoms with E-state index in [1.807, 2.05) is 6.92 Å². The lowest BCUT2D eigenvalue weighted by molar-refractivity contribution is 0.0883. The summed E-state index contributed by atoms with van der Waals surface area (Å²) in [6.45, 7) is 3.00. The predicted molar refractivity (Wildman–Crippen MR) is 62.2 cm³/mol. The van der Waals surface area contributed by atoms with Gasteiger partial charge in [-0.15, -0.1) is 0 Å². The van der Waals surface area contributed by atoms with E-state index in [1.54, 1.807) is 12.1 Å². The summed E-state index contributed by atoms with van der Waals surface area (Å²) in [6.07, 6.45) is 0.165. The second-order valence-corrected chi connectivity index (χ2v) is 3.96. The van der Waals surface area contributed by atoms with Crippen LogP contribution in [0.3, 0.4) is 0 Å². The Hall–Kier alpha value is -0.640. The van der Waals surface area contributed by atoms with Gasteiger partial charge in [0.15, 0.2) is 0 Å². The van der Waals surface area contributed by atoms with Crippen LogP contribution in [-0.4, -0.2) is 24.4 Å². The van der Waals surface area contributed by atoms with Crippen molar-refractivity contribution in [3.8, 4) is 0 Å². The number of hydrogen-bond acceptors (Lipinski definition) is 2. The van der Waals surface area contributed by atoms with Crippen molar-refractivity contribution in [3.63, 3.8) is 0 Å². The summed E-state index contributed by atoms with van der Waals surface area (Å²) in [5, 5.41) is 9.75. The molecule has 0 saturated heterocycles. The number of aliphatic hydroxyl groups is 1. The van der Waals surface area contributed by atoms with E-state index in [1.165, 1.54) is 6.07 Å². The van der Waals surface area contributed by atoms with Crippen LogP contribution in [0.1, 0.15) is 18.9 Å². The van der Waals surface area contributed by atoms with Gasteiger partial charge in [-0.3, -0.25) is 0 Å². The van der Waals surface area contributed by atoms with E-state index in [0.29, 0.717) is 25.2 Å². The van der Waals surface area contributed by atoms with Crippen LogP contribution in [0.4, 0.5) is 4.39 Å². The fourth-order valence-corrected chi connectivity index (χ4v) is 1.62. The molecule has 1 rings (SSSR count). The second-order valence-electron chi connectivity index (χ2n) is 3.56. The normalized spacial score (nSPS) is 12.8. The van der Waals surface area contributed by atoms with E-state index in [9.17, 15) is 9.50 Å². The first-order valence-electron chi connectivity index (χ1n) is 5.33. The van der Waals surface area contributed by atoms with Crippen molar-refractivity contribution in [2.24, 2.45) is 0 Å². The Balaban J connectivity index is 2.49. The Morgan fingerprint density at radius 2 is 2.25 bits per heavy atom. The number of aliphatic hydroxyl groups excluding tert-OH is 1. The molecule has 0 bridgehead atoms. The molecule has 1 unspecified atom stereocenters. The van der Waals surface area contributed by atoms with E-state index >= 15 is 0 Å². The zero-order valence-corrected chi connectivity index (χ0v) is 10.0. The zero-order chi connectivity index (χ0) is 12.0. The fourth-order valence-electron chi connectivity index (χ4n) is 1.43. The lowest BCUT2D eigenvalue weighted by Gasteiger charge is -2.11. The largest absolute Gasteiger partial charge is 0.393 e. The van der Waals surface area contributed by atoms with Crippen molar-refractivity contribution in [3.05, 3.63) is 34.6 Å². The molecule has 0 amide bonds. The molecule has 1 aromatic carbocycles. The summed E-state index contributed by atoms with van der Waals surface area (Å²) in [7, 11) is 0. The number of rotatable bonds is 6. The van der Waals surface area contributed by atoms with Crippen LogP contribution < -0.4 is 0 Å². The van der Waals surface area contributed by atoms with Gasteiger partial charge in [0.05, 0.1) is 11.1 Å². The summed E-state index contributed by atoms with van der Waals surface area (Å²) in [5.74, 6) is -0.445. The Labute approximate surface area is 100.0 Å². The van der Waals surface area contributed by atoms with E-state index in [-0.39, 0.29) is 11.4 Å². The lowest BCUT2D eigenvalue weighted by Crippen LogP contribution is -2.14. The summed E-state index contributed by atoms with van der Waals surface area (Å²) < 4.78 is 18.6. The van der Waals surface area contributed by atoms with Crippen LogP contribution in [-0.2, 0) is 11.2 Å². The Kier molecular flexibility index (Phi) is 5.74. The first-order chi connectivity index (χ1) is 7.65.